The van der Waals surface area contributed by atoms with Gasteiger partial charge < -0.3 is 15.2 Å². The van der Waals surface area contributed by atoms with E-state index in [-0.39, 0.29) is 0 Å². The van der Waals surface area contributed by atoms with Crippen molar-refractivity contribution in [1.82, 2.24) is 14.9 Å². The average Bonchev–Trinajstić information content (AvgIpc) is 3.24. The molecule has 4 rings (SSSR count). The van der Waals surface area contributed by atoms with Gasteiger partial charge in [0.15, 0.2) is 0 Å². The molecule has 0 bridgehead atoms. The summed E-state index contributed by atoms with van der Waals surface area (Å²) in [5.74, 6) is 2.88. The molecule has 5 heteroatoms. The maximum absolute atomic E-state index is 4.65. The van der Waals surface area contributed by atoms with Gasteiger partial charge in [0.25, 0.3) is 0 Å². The summed E-state index contributed by atoms with van der Waals surface area (Å²) in [5.41, 5.74) is 2.43. The van der Waals surface area contributed by atoms with Crippen molar-refractivity contribution in [3.05, 3.63) is 23.7 Å². The number of amidine groups is 1. The Balaban J connectivity index is 0.000000768. The first-order chi connectivity index (χ1) is 14.2. The van der Waals surface area contributed by atoms with E-state index in [2.05, 4.69) is 52.0 Å². The fourth-order valence-corrected chi connectivity index (χ4v) is 3.29. The van der Waals surface area contributed by atoms with Crippen LogP contribution in [0.2, 0.25) is 0 Å². The molecule has 0 amide bonds. The first kappa shape index (κ1) is 27.4. The summed E-state index contributed by atoms with van der Waals surface area (Å²) >= 11 is 0. The summed E-state index contributed by atoms with van der Waals surface area (Å²) in [5, 5.41) is 6.95. The van der Waals surface area contributed by atoms with Crippen LogP contribution in [0.4, 0.5) is 5.95 Å². The van der Waals surface area contributed by atoms with E-state index in [0.717, 1.165) is 42.9 Å². The van der Waals surface area contributed by atoms with Crippen LogP contribution in [-0.2, 0) is 6.54 Å². The van der Waals surface area contributed by atoms with Crippen molar-refractivity contribution in [3.63, 3.8) is 0 Å². The number of hydrogen-bond donors (Lipinski definition) is 2. The molecule has 2 aliphatic heterocycles. The highest BCUT2D eigenvalue weighted by Crippen LogP contribution is 2.33. The highest BCUT2D eigenvalue weighted by Gasteiger charge is 2.32. The van der Waals surface area contributed by atoms with Gasteiger partial charge in [-0.25, -0.2) is 9.98 Å². The van der Waals surface area contributed by atoms with Gasteiger partial charge in [0.2, 0.25) is 5.95 Å². The minimum absolute atomic E-state index is 0.316. The lowest BCUT2D eigenvalue weighted by Gasteiger charge is -2.25. The number of nitrogens with one attached hydrogen (secondary N) is 2. The number of aliphatic imine (C=N–C) groups is 1. The number of aromatic nitrogens is 2. The van der Waals surface area contributed by atoms with Crippen molar-refractivity contribution in [1.29, 1.82) is 0 Å². The van der Waals surface area contributed by atoms with E-state index < -0.39 is 0 Å². The van der Waals surface area contributed by atoms with Crippen molar-refractivity contribution in [3.8, 4) is 0 Å². The van der Waals surface area contributed by atoms with Gasteiger partial charge in [-0.1, -0.05) is 74.3 Å². The zero-order valence-corrected chi connectivity index (χ0v) is 20.6. The van der Waals surface area contributed by atoms with Crippen LogP contribution in [0.3, 0.4) is 0 Å². The van der Waals surface area contributed by atoms with Crippen LogP contribution < -0.4 is 10.6 Å². The number of allylic oxidation sites excluding steroid dienone is 1. The van der Waals surface area contributed by atoms with Crippen LogP contribution in [0.25, 0.3) is 0 Å². The number of aryl methyl sites for hydroxylation is 1. The first-order valence-corrected chi connectivity index (χ1v) is 12.0. The first-order valence-electron chi connectivity index (χ1n) is 12.0. The molecule has 1 aromatic rings. The number of anilines is 1. The molecule has 0 saturated heterocycles. The minimum Gasteiger partial charge on any atom is -0.312 e. The lowest BCUT2D eigenvalue weighted by molar-refractivity contribution is 0.300. The topological polar surface area (TPSA) is 54.2 Å². The van der Waals surface area contributed by atoms with Crippen molar-refractivity contribution in [2.45, 2.75) is 107 Å². The molecule has 1 fully saturated rings. The molecule has 29 heavy (non-hydrogen) atoms. The van der Waals surface area contributed by atoms with Crippen molar-refractivity contribution in [2.24, 2.45) is 10.9 Å². The Labute approximate surface area is 180 Å². The summed E-state index contributed by atoms with van der Waals surface area (Å²) < 4.78 is 2.32. The molecule has 1 saturated carbocycles. The third-order valence-electron chi connectivity index (χ3n) is 4.71. The molecule has 0 spiro atoms. The zero-order valence-electron chi connectivity index (χ0n) is 20.6. The van der Waals surface area contributed by atoms with Gasteiger partial charge in [0.05, 0.1) is 17.4 Å². The Bertz CT molecular complexity index is 597. The van der Waals surface area contributed by atoms with Gasteiger partial charge in [-0.15, -0.1) is 0 Å². The largest absolute Gasteiger partial charge is 0.312 e. The van der Waals surface area contributed by atoms with Gasteiger partial charge >= 0.3 is 0 Å². The number of hydrogen-bond acceptors (Lipinski definition) is 4. The highest BCUT2D eigenvalue weighted by atomic mass is 15.3. The normalized spacial score (nSPS) is 17.7. The monoisotopic (exact) mass is 405 g/mol. The summed E-state index contributed by atoms with van der Waals surface area (Å²) in [6.07, 6.45) is 10.5. The smallest absolute Gasteiger partial charge is 0.209 e. The van der Waals surface area contributed by atoms with E-state index in [9.17, 15) is 0 Å². The zero-order chi connectivity index (χ0) is 22.2. The second-order valence-electron chi connectivity index (χ2n) is 6.75. The van der Waals surface area contributed by atoms with Crippen molar-refractivity contribution >= 4 is 11.8 Å². The fraction of sp³-hybridized carbons (Fsp3) is 0.750. The maximum Gasteiger partial charge on any atom is 0.209 e. The predicted molar refractivity (Wildman–Crippen MR) is 130 cm³/mol. The van der Waals surface area contributed by atoms with Crippen LogP contribution in [0.1, 0.15) is 105 Å². The second-order valence-corrected chi connectivity index (χ2v) is 6.75. The summed E-state index contributed by atoms with van der Waals surface area (Å²) in [6.45, 7) is 20.4. The molecule has 1 aromatic heterocycles. The molecule has 2 N–H and O–H groups in total. The highest BCUT2D eigenvalue weighted by molar-refractivity contribution is 6.01. The van der Waals surface area contributed by atoms with Crippen LogP contribution in [0, 0.1) is 12.8 Å². The van der Waals surface area contributed by atoms with E-state index in [1.165, 1.54) is 31.4 Å². The molecule has 168 valence electrons. The number of rotatable bonds is 4. The number of imidazole rings is 1. The van der Waals surface area contributed by atoms with Crippen molar-refractivity contribution in [2.75, 3.05) is 11.9 Å². The molecule has 1 atom stereocenters. The average molecular weight is 406 g/mol. The minimum atomic E-state index is 0.316. The molecule has 3 heterocycles. The Morgan fingerprint density at radius 1 is 1.10 bits per heavy atom. The molecule has 0 radical (unpaired) electrons. The van der Waals surface area contributed by atoms with Crippen LogP contribution >= 0.6 is 0 Å². The number of fused-ring (bicyclic) bond motifs is 3. The molecule has 0 aromatic carbocycles. The quantitative estimate of drug-likeness (QED) is 0.575. The molecule has 3 aliphatic rings. The van der Waals surface area contributed by atoms with Gasteiger partial charge in [0, 0.05) is 12.7 Å². The lowest BCUT2D eigenvalue weighted by atomic mass is 9.85. The van der Waals surface area contributed by atoms with Gasteiger partial charge in [-0.3, -0.25) is 0 Å². The third-order valence-corrected chi connectivity index (χ3v) is 4.71. The van der Waals surface area contributed by atoms with E-state index in [1.54, 1.807) is 0 Å². The van der Waals surface area contributed by atoms with Gasteiger partial charge in [0.1, 0.15) is 5.84 Å². The standard InChI is InChI=1S/C15H21N5.C3H8.3C2H6/c1-10-13(9-16-8-11-4-2-5-11)20-12-6-3-7-17-14(12)19-15(20)18-10;1-3-2;3*1-2/h3,7,11-12,16H,2,4-6,8-9H2,1H3,(H,17,18,19);3H2,1-2H3;3*1-2H3. The molecule has 5 nitrogen and oxygen atoms in total. The summed E-state index contributed by atoms with van der Waals surface area (Å²) in [7, 11) is 0. The van der Waals surface area contributed by atoms with E-state index in [1.807, 2.05) is 47.7 Å². The van der Waals surface area contributed by atoms with E-state index in [4.69, 9.17) is 0 Å². The summed E-state index contributed by atoms with van der Waals surface area (Å²) in [4.78, 5) is 9.07. The number of nitrogens with zero attached hydrogens (tertiary/aromatic N) is 3. The van der Waals surface area contributed by atoms with Crippen molar-refractivity contribution < 1.29 is 0 Å². The van der Waals surface area contributed by atoms with Crippen LogP contribution in [-0.4, -0.2) is 21.9 Å². The van der Waals surface area contributed by atoms with E-state index >= 15 is 0 Å². The Kier molecular flexibility index (Phi) is 15.3. The second kappa shape index (κ2) is 16.2. The molecule has 1 aliphatic carbocycles. The fourth-order valence-electron chi connectivity index (χ4n) is 3.29. The summed E-state index contributed by atoms with van der Waals surface area (Å²) in [6, 6.07) is 0.316. The van der Waals surface area contributed by atoms with Crippen LogP contribution in [0.5, 0.6) is 0 Å². The third kappa shape index (κ3) is 7.61. The predicted octanol–water partition coefficient (Wildman–Crippen LogP) is 6.86. The Hall–Kier alpha value is -1.62. The molecule has 1 unspecified atom stereocenters. The molecular weight excluding hydrogens is 358 g/mol. The maximum atomic E-state index is 4.65. The van der Waals surface area contributed by atoms with Crippen LogP contribution in [0.15, 0.2) is 17.3 Å². The SMILES string of the molecule is CC.CC.CC.CCC.Cc1nc2n(c1CNCC1CCC1)C1CC=CN=C1N2. The van der Waals surface area contributed by atoms with E-state index in [0.29, 0.717) is 6.04 Å². The Morgan fingerprint density at radius 3 is 2.28 bits per heavy atom. The Morgan fingerprint density at radius 2 is 1.72 bits per heavy atom. The van der Waals surface area contributed by atoms with Gasteiger partial charge in [-0.2, -0.15) is 0 Å². The van der Waals surface area contributed by atoms with Gasteiger partial charge in [-0.05, 0) is 38.6 Å². The lowest BCUT2D eigenvalue weighted by Crippen LogP contribution is -2.28. The molecular formula is C24H47N5.